The van der Waals surface area contributed by atoms with Gasteiger partial charge < -0.3 is 5.73 Å². The van der Waals surface area contributed by atoms with Gasteiger partial charge in [-0.05, 0) is 35.0 Å². The van der Waals surface area contributed by atoms with Crippen LogP contribution in [-0.2, 0) is 0 Å². The first-order chi connectivity index (χ1) is 9.45. The summed E-state index contributed by atoms with van der Waals surface area (Å²) in [5.41, 5.74) is 7.68. The minimum atomic E-state index is -0.209. The van der Waals surface area contributed by atoms with Crippen LogP contribution in [0, 0.1) is 6.92 Å². The summed E-state index contributed by atoms with van der Waals surface area (Å²) in [4.78, 5) is 20.4. The Bertz CT molecular complexity index is 883. The number of nitrogens with zero attached hydrogens (tertiary/aromatic N) is 3. The summed E-state index contributed by atoms with van der Waals surface area (Å²) < 4.78 is 2.89. The van der Waals surface area contributed by atoms with E-state index in [1.165, 1.54) is 10.6 Å². The highest BCUT2D eigenvalue weighted by Crippen LogP contribution is 2.33. The van der Waals surface area contributed by atoms with E-state index in [4.69, 9.17) is 5.73 Å². The number of aromatic amines is 1. The van der Waals surface area contributed by atoms with Crippen molar-refractivity contribution in [3.8, 4) is 11.4 Å². The molecule has 20 heavy (non-hydrogen) atoms. The molecule has 2 aromatic heterocycles. The van der Waals surface area contributed by atoms with E-state index in [0.29, 0.717) is 28.5 Å². The lowest BCUT2D eigenvalue weighted by Crippen LogP contribution is -2.14. The average Bonchev–Trinajstić information content (AvgIpc) is 2.77. The Kier molecular flexibility index (Phi) is 3.14. The van der Waals surface area contributed by atoms with Crippen molar-refractivity contribution in [3.05, 3.63) is 43.2 Å². The van der Waals surface area contributed by atoms with Gasteiger partial charge in [0.1, 0.15) is 0 Å². The third-order valence-corrected chi connectivity index (χ3v) is 3.92. The SMILES string of the molecule is Cc1cc(=O)n2[nH]c(-c3cc(Br)cc(Br)c3N)nc2n1. The molecule has 3 aromatic rings. The number of rotatable bonds is 1. The first-order valence-electron chi connectivity index (χ1n) is 5.67. The molecule has 6 nitrogen and oxygen atoms in total. The topological polar surface area (TPSA) is 89.1 Å². The quantitative estimate of drug-likeness (QED) is 0.616. The minimum absolute atomic E-state index is 0.209. The molecule has 102 valence electrons. The van der Waals surface area contributed by atoms with Gasteiger partial charge in [0.2, 0.25) is 0 Å². The maximum absolute atomic E-state index is 11.9. The number of fused-ring (bicyclic) bond motifs is 1. The summed E-state index contributed by atoms with van der Waals surface area (Å²) in [6.07, 6.45) is 0. The van der Waals surface area contributed by atoms with Gasteiger partial charge in [-0.1, -0.05) is 15.9 Å². The van der Waals surface area contributed by atoms with Gasteiger partial charge in [-0.15, -0.1) is 0 Å². The van der Waals surface area contributed by atoms with Crippen molar-refractivity contribution in [1.29, 1.82) is 0 Å². The second-order valence-corrected chi connectivity index (χ2v) is 6.06. The number of hydrogen-bond acceptors (Lipinski definition) is 4. The van der Waals surface area contributed by atoms with Crippen LogP contribution in [0.5, 0.6) is 0 Å². The summed E-state index contributed by atoms with van der Waals surface area (Å²) in [6.45, 7) is 1.75. The zero-order valence-electron chi connectivity index (χ0n) is 10.3. The molecule has 1 aromatic carbocycles. The number of benzene rings is 1. The Morgan fingerprint density at radius 2 is 2.00 bits per heavy atom. The molecule has 0 saturated carbocycles. The second kappa shape index (κ2) is 4.71. The molecule has 0 bridgehead atoms. The largest absolute Gasteiger partial charge is 0.397 e. The first-order valence-corrected chi connectivity index (χ1v) is 7.25. The molecule has 0 spiro atoms. The van der Waals surface area contributed by atoms with Crippen molar-refractivity contribution in [2.24, 2.45) is 0 Å². The highest BCUT2D eigenvalue weighted by atomic mass is 79.9. The third-order valence-electron chi connectivity index (χ3n) is 2.81. The molecule has 0 radical (unpaired) electrons. The number of nitrogen functional groups attached to an aromatic ring is 1. The molecule has 3 rings (SSSR count). The lowest BCUT2D eigenvalue weighted by atomic mass is 10.2. The number of anilines is 1. The molecule has 0 aliphatic heterocycles. The fraction of sp³-hybridized carbons (Fsp3) is 0.0833. The highest BCUT2D eigenvalue weighted by Gasteiger charge is 2.13. The Balaban J connectivity index is 2.31. The molecule has 0 unspecified atom stereocenters. The number of aromatic nitrogens is 4. The van der Waals surface area contributed by atoms with E-state index in [2.05, 4.69) is 46.9 Å². The third kappa shape index (κ3) is 2.14. The van der Waals surface area contributed by atoms with Gasteiger partial charge in [0.05, 0.1) is 5.69 Å². The molecule has 8 heteroatoms. The summed E-state index contributed by atoms with van der Waals surface area (Å²) in [7, 11) is 0. The minimum Gasteiger partial charge on any atom is -0.397 e. The second-order valence-electron chi connectivity index (χ2n) is 4.29. The number of aryl methyl sites for hydroxylation is 1. The van der Waals surface area contributed by atoms with Crippen molar-refractivity contribution in [2.45, 2.75) is 6.92 Å². The van der Waals surface area contributed by atoms with E-state index in [1.54, 1.807) is 6.92 Å². The first kappa shape index (κ1) is 13.3. The zero-order chi connectivity index (χ0) is 14.4. The summed E-state index contributed by atoms with van der Waals surface area (Å²) in [5, 5.41) is 2.91. The van der Waals surface area contributed by atoms with Gasteiger partial charge in [0, 0.05) is 26.3 Å². The summed E-state index contributed by atoms with van der Waals surface area (Å²) in [5.74, 6) is 0.806. The zero-order valence-corrected chi connectivity index (χ0v) is 13.5. The van der Waals surface area contributed by atoms with Crippen LogP contribution in [0.2, 0.25) is 0 Å². The van der Waals surface area contributed by atoms with Crippen molar-refractivity contribution < 1.29 is 0 Å². The molecule has 0 aliphatic rings. The number of halogens is 2. The van der Waals surface area contributed by atoms with Crippen molar-refractivity contribution in [3.63, 3.8) is 0 Å². The summed E-state index contributed by atoms with van der Waals surface area (Å²) >= 11 is 6.79. The fourth-order valence-electron chi connectivity index (χ4n) is 1.89. The number of nitrogens with two attached hydrogens (primary N) is 1. The Morgan fingerprint density at radius 1 is 1.25 bits per heavy atom. The maximum atomic E-state index is 11.9. The molecular formula is C12H9Br2N5O. The average molecular weight is 399 g/mol. The molecule has 3 N–H and O–H groups in total. The fourth-order valence-corrected chi connectivity index (χ4v) is 3.12. The van der Waals surface area contributed by atoms with Gasteiger partial charge >= 0.3 is 0 Å². The molecule has 0 amide bonds. The maximum Gasteiger partial charge on any atom is 0.274 e. The van der Waals surface area contributed by atoms with Gasteiger partial charge in [-0.25, -0.2) is 4.98 Å². The predicted molar refractivity (Wildman–Crippen MR) is 83.6 cm³/mol. The van der Waals surface area contributed by atoms with E-state index >= 15 is 0 Å². The lowest BCUT2D eigenvalue weighted by Gasteiger charge is -2.05. The van der Waals surface area contributed by atoms with Crippen molar-refractivity contribution in [1.82, 2.24) is 19.6 Å². The van der Waals surface area contributed by atoms with Crippen LogP contribution in [0.25, 0.3) is 17.2 Å². The number of nitrogens with one attached hydrogen (secondary N) is 1. The Hall–Kier alpha value is -1.67. The molecule has 0 atom stereocenters. The smallest absolute Gasteiger partial charge is 0.274 e. The Morgan fingerprint density at radius 3 is 2.75 bits per heavy atom. The van der Waals surface area contributed by atoms with Gasteiger partial charge in [0.25, 0.3) is 11.3 Å². The van der Waals surface area contributed by atoms with Crippen molar-refractivity contribution >= 4 is 43.3 Å². The van der Waals surface area contributed by atoms with Crippen LogP contribution in [0.1, 0.15) is 5.69 Å². The molecule has 0 fully saturated rings. The summed E-state index contributed by atoms with van der Waals surface area (Å²) in [6, 6.07) is 5.11. The van der Waals surface area contributed by atoms with E-state index in [0.717, 1.165) is 8.95 Å². The van der Waals surface area contributed by atoms with Gasteiger partial charge in [0.15, 0.2) is 5.82 Å². The van der Waals surface area contributed by atoms with Crippen molar-refractivity contribution in [2.75, 3.05) is 5.73 Å². The molecule has 0 saturated heterocycles. The van der Waals surface area contributed by atoms with E-state index in [9.17, 15) is 4.79 Å². The standard InChI is InChI=1S/C12H9Br2N5O/c1-5-2-9(20)19-12(16-5)17-11(18-19)7-3-6(13)4-8(14)10(7)15/h2-4H,15H2,1H3,(H,16,17,18). The highest BCUT2D eigenvalue weighted by molar-refractivity contribution is 9.11. The van der Waals surface area contributed by atoms with Crippen LogP contribution in [0.4, 0.5) is 5.69 Å². The monoisotopic (exact) mass is 397 g/mol. The van der Waals surface area contributed by atoms with Gasteiger partial charge in [-0.3, -0.25) is 9.89 Å². The number of H-pyrrole nitrogens is 1. The van der Waals surface area contributed by atoms with Crippen LogP contribution in [0.3, 0.4) is 0 Å². The molecular weight excluding hydrogens is 390 g/mol. The van der Waals surface area contributed by atoms with Crippen LogP contribution in [0.15, 0.2) is 31.9 Å². The van der Waals surface area contributed by atoms with Crippen LogP contribution < -0.4 is 11.3 Å². The van der Waals surface area contributed by atoms with E-state index < -0.39 is 0 Å². The van der Waals surface area contributed by atoms with Gasteiger partial charge in [-0.2, -0.15) is 9.50 Å². The van der Waals surface area contributed by atoms with E-state index in [1.807, 2.05) is 12.1 Å². The van der Waals surface area contributed by atoms with Crippen LogP contribution in [-0.4, -0.2) is 19.6 Å². The number of hydrogen-bond donors (Lipinski definition) is 2. The predicted octanol–water partition coefficient (Wildman–Crippen LogP) is 2.50. The molecule has 0 aliphatic carbocycles. The van der Waals surface area contributed by atoms with E-state index in [-0.39, 0.29) is 5.56 Å². The van der Waals surface area contributed by atoms with Crippen LogP contribution >= 0.6 is 31.9 Å². The normalized spacial score (nSPS) is 11.2. The Labute approximate surface area is 130 Å². The molecule has 2 heterocycles. The lowest BCUT2D eigenvalue weighted by molar-refractivity contribution is 0.892.